The molecular weight excluding hydrogens is 328 g/mol. The molecule has 22 heavy (non-hydrogen) atoms. The van der Waals surface area contributed by atoms with Gasteiger partial charge in [-0.25, -0.2) is 0 Å². The summed E-state index contributed by atoms with van der Waals surface area (Å²) in [6.45, 7) is 0.660. The van der Waals surface area contributed by atoms with Crippen LogP contribution in [-0.4, -0.2) is 35.9 Å². The fourth-order valence-corrected chi connectivity index (χ4v) is 2.68. The lowest BCUT2D eigenvalue weighted by Crippen LogP contribution is -2.30. The highest BCUT2D eigenvalue weighted by molar-refractivity contribution is 7.17. The third kappa shape index (κ3) is 4.19. The number of thiophene rings is 1. The van der Waals surface area contributed by atoms with E-state index in [4.69, 9.17) is 16.3 Å². The van der Waals surface area contributed by atoms with Crippen molar-refractivity contribution in [2.45, 2.75) is 0 Å². The summed E-state index contributed by atoms with van der Waals surface area (Å²) in [6.07, 6.45) is 0. The zero-order chi connectivity index (χ0) is 16.1. The van der Waals surface area contributed by atoms with Crippen LogP contribution in [0.1, 0.15) is 9.67 Å². The van der Waals surface area contributed by atoms with Gasteiger partial charge in [-0.3, -0.25) is 14.9 Å². The van der Waals surface area contributed by atoms with Gasteiger partial charge in [-0.15, -0.1) is 0 Å². The Bertz CT molecular complexity index is 689. The van der Waals surface area contributed by atoms with Crippen molar-refractivity contribution in [1.82, 2.24) is 4.90 Å². The Kier molecular flexibility index (Phi) is 5.35. The summed E-state index contributed by atoms with van der Waals surface area (Å²) in [5.74, 6) is 0.355. The molecule has 0 aliphatic rings. The molecule has 0 N–H and O–H groups in total. The fraction of sp³-hybridized carbons (Fsp3) is 0.214. The Morgan fingerprint density at radius 3 is 2.82 bits per heavy atom. The number of ether oxygens (including phenoxy) is 1. The van der Waals surface area contributed by atoms with Crippen molar-refractivity contribution in [3.8, 4) is 5.75 Å². The Morgan fingerprint density at radius 2 is 2.18 bits per heavy atom. The molecule has 1 aromatic heterocycles. The highest BCUT2D eigenvalue weighted by Crippen LogP contribution is 2.24. The molecule has 0 fully saturated rings. The van der Waals surface area contributed by atoms with Crippen LogP contribution in [0.2, 0.25) is 5.02 Å². The Morgan fingerprint density at radius 1 is 1.41 bits per heavy atom. The molecule has 8 heteroatoms. The summed E-state index contributed by atoms with van der Waals surface area (Å²) in [5, 5.41) is 11.2. The van der Waals surface area contributed by atoms with Crippen LogP contribution >= 0.6 is 22.9 Å². The zero-order valence-electron chi connectivity index (χ0n) is 11.7. The third-order valence-electron chi connectivity index (χ3n) is 2.82. The minimum Gasteiger partial charge on any atom is -0.492 e. The van der Waals surface area contributed by atoms with Gasteiger partial charge in [0.15, 0.2) is 0 Å². The molecule has 2 rings (SSSR count). The second kappa shape index (κ2) is 7.24. The first-order chi connectivity index (χ1) is 10.5. The maximum absolute atomic E-state index is 12.1. The van der Waals surface area contributed by atoms with Gasteiger partial charge in [0.1, 0.15) is 12.4 Å². The number of nitrogens with zero attached hydrogens (tertiary/aromatic N) is 2. The molecule has 0 bridgehead atoms. The molecule has 6 nitrogen and oxygen atoms in total. The van der Waals surface area contributed by atoms with Gasteiger partial charge >= 0.3 is 5.00 Å². The van der Waals surface area contributed by atoms with E-state index in [2.05, 4.69) is 0 Å². The lowest BCUT2D eigenvalue weighted by Gasteiger charge is -2.16. The quantitative estimate of drug-likeness (QED) is 0.596. The summed E-state index contributed by atoms with van der Waals surface area (Å²) in [6, 6.07) is 9.76. The monoisotopic (exact) mass is 340 g/mol. The third-order valence-corrected chi connectivity index (χ3v) is 4.08. The minimum absolute atomic E-state index is 0.0491. The van der Waals surface area contributed by atoms with Crippen molar-refractivity contribution in [2.75, 3.05) is 20.2 Å². The number of benzene rings is 1. The topological polar surface area (TPSA) is 72.7 Å². The standard InChI is InChI=1S/C14H13ClN2O4S/c1-16(7-8-21-11-4-2-3-10(15)9-11)14(18)12-5-6-13(22-12)17(19)20/h2-6,9H,7-8H2,1H3. The average molecular weight is 341 g/mol. The molecule has 1 amide bonds. The van der Waals surface area contributed by atoms with Crippen LogP contribution < -0.4 is 4.74 Å². The van der Waals surface area contributed by atoms with Crippen molar-refractivity contribution in [2.24, 2.45) is 0 Å². The van der Waals surface area contributed by atoms with Crippen molar-refractivity contribution in [3.05, 3.63) is 56.4 Å². The molecule has 0 spiro atoms. The number of hydrogen-bond acceptors (Lipinski definition) is 5. The van der Waals surface area contributed by atoms with E-state index in [0.29, 0.717) is 28.8 Å². The molecule has 116 valence electrons. The number of hydrogen-bond donors (Lipinski definition) is 0. The van der Waals surface area contributed by atoms with Gasteiger partial charge in [0, 0.05) is 18.1 Å². The Labute approximate surface area is 136 Å². The van der Waals surface area contributed by atoms with Crippen molar-refractivity contribution < 1.29 is 14.5 Å². The molecular formula is C14H13ClN2O4S. The van der Waals surface area contributed by atoms with Crippen LogP contribution in [0.4, 0.5) is 5.00 Å². The van der Waals surface area contributed by atoms with Gasteiger partial charge in [0.25, 0.3) is 5.91 Å². The van der Waals surface area contributed by atoms with Crippen molar-refractivity contribution >= 4 is 33.8 Å². The molecule has 0 aliphatic heterocycles. The van der Waals surface area contributed by atoms with Gasteiger partial charge in [-0.1, -0.05) is 29.0 Å². The van der Waals surface area contributed by atoms with Crippen molar-refractivity contribution in [1.29, 1.82) is 0 Å². The van der Waals surface area contributed by atoms with Crippen LogP contribution in [0.15, 0.2) is 36.4 Å². The van der Waals surface area contributed by atoms with E-state index in [1.807, 2.05) is 0 Å². The van der Waals surface area contributed by atoms with Crippen LogP contribution in [0, 0.1) is 10.1 Å². The van der Waals surface area contributed by atoms with Gasteiger partial charge in [-0.2, -0.15) is 0 Å². The molecule has 1 aromatic carbocycles. The maximum atomic E-state index is 12.1. The minimum atomic E-state index is -0.510. The zero-order valence-corrected chi connectivity index (χ0v) is 13.3. The number of halogens is 1. The Hall–Kier alpha value is -2.12. The Balaban J connectivity index is 1.87. The van der Waals surface area contributed by atoms with Crippen molar-refractivity contribution in [3.63, 3.8) is 0 Å². The molecule has 0 unspecified atom stereocenters. The summed E-state index contributed by atoms with van der Waals surface area (Å²) < 4.78 is 5.50. The van der Waals surface area contributed by atoms with Crippen LogP contribution in [-0.2, 0) is 0 Å². The van der Waals surface area contributed by atoms with Gasteiger partial charge in [0.2, 0.25) is 0 Å². The number of amides is 1. The summed E-state index contributed by atoms with van der Waals surface area (Å²) in [7, 11) is 1.62. The smallest absolute Gasteiger partial charge is 0.324 e. The SMILES string of the molecule is CN(CCOc1cccc(Cl)c1)C(=O)c1ccc([N+](=O)[O-])s1. The molecule has 0 aliphatic carbocycles. The predicted molar refractivity (Wildman–Crippen MR) is 84.9 cm³/mol. The second-order valence-corrected chi connectivity index (χ2v) is 5.93. The molecule has 0 saturated carbocycles. The van der Waals surface area contributed by atoms with Crippen LogP contribution in [0.3, 0.4) is 0 Å². The molecule has 0 radical (unpaired) electrons. The largest absolute Gasteiger partial charge is 0.492 e. The first-order valence-electron chi connectivity index (χ1n) is 6.35. The average Bonchev–Trinajstić information content (AvgIpc) is 2.96. The first kappa shape index (κ1) is 16.3. The summed E-state index contributed by atoms with van der Waals surface area (Å²) in [4.78, 5) is 24.0. The fourth-order valence-electron chi connectivity index (χ4n) is 1.69. The number of rotatable bonds is 6. The summed E-state index contributed by atoms with van der Waals surface area (Å²) in [5.41, 5.74) is 0. The molecule has 0 atom stereocenters. The lowest BCUT2D eigenvalue weighted by atomic mass is 10.3. The van der Waals surface area contributed by atoms with Crippen LogP contribution in [0.5, 0.6) is 5.75 Å². The molecule has 2 aromatic rings. The van der Waals surface area contributed by atoms with Gasteiger partial charge in [-0.05, 0) is 24.3 Å². The highest BCUT2D eigenvalue weighted by atomic mass is 35.5. The van der Waals surface area contributed by atoms with E-state index in [9.17, 15) is 14.9 Å². The first-order valence-corrected chi connectivity index (χ1v) is 7.55. The maximum Gasteiger partial charge on any atom is 0.324 e. The van der Waals surface area contributed by atoms with E-state index >= 15 is 0 Å². The number of carbonyl (C=O) groups is 1. The number of carbonyl (C=O) groups excluding carboxylic acids is 1. The van der Waals surface area contributed by atoms with E-state index < -0.39 is 4.92 Å². The summed E-state index contributed by atoms with van der Waals surface area (Å²) >= 11 is 6.71. The van der Waals surface area contributed by atoms with Crippen LogP contribution in [0.25, 0.3) is 0 Å². The highest BCUT2D eigenvalue weighted by Gasteiger charge is 2.18. The van der Waals surface area contributed by atoms with E-state index in [1.165, 1.54) is 17.0 Å². The van der Waals surface area contributed by atoms with E-state index in [-0.39, 0.29) is 10.9 Å². The second-order valence-electron chi connectivity index (χ2n) is 4.43. The molecule has 0 saturated heterocycles. The normalized spacial score (nSPS) is 10.3. The predicted octanol–water partition coefficient (Wildman–Crippen LogP) is 3.46. The van der Waals surface area contributed by atoms with E-state index in [0.717, 1.165) is 11.3 Å². The van der Waals surface area contributed by atoms with E-state index in [1.54, 1.807) is 31.3 Å². The van der Waals surface area contributed by atoms with Gasteiger partial charge in [0.05, 0.1) is 16.3 Å². The molecule has 1 heterocycles. The van der Waals surface area contributed by atoms with Gasteiger partial charge < -0.3 is 9.64 Å². The lowest BCUT2D eigenvalue weighted by molar-refractivity contribution is -0.380. The number of nitro groups is 1. The number of likely N-dealkylation sites (N-methyl/N-ethyl adjacent to an activating group) is 1.